The van der Waals surface area contributed by atoms with Gasteiger partial charge < -0.3 is 0 Å². The number of aryl methyl sites for hydroxylation is 3. The molecule has 7 nitrogen and oxygen atoms in total. The molecule has 0 amide bonds. The van der Waals surface area contributed by atoms with Gasteiger partial charge in [-0.25, -0.2) is 23.1 Å². The molecule has 3 rings (SSSR count). The lowest BCUT2D eigenvalue weighted by molar-refractivity contribution is 0.600. The summed E-state index contributed by atoms with van der Waals surface area (Å²) in [4.78, 5) is 8.31. The molecule has 0 aliphatic rings. The zero-order valence-corrected chi connectivity index (χ0v) is 14.4. The lowest BCUT2D eigenvalue weighted by Crippen LogP contribution is -2.16. The third-order valence-corrected chi connectivity index (χ3v) is 5.21. The van der Waals surface area contributed by atoms with Crippen molar-refractivity contribution in [2.24, 2.45) is 0 Å². The molecular formula is C16H17N5O2S. The monoisotopic (exact) mass is 343 g/mol. The number of nitrogens with one attached hydrogen (secondary N) is 1. The van der Waals surface area contributed by atoms with Gasteiger partial charge in [-0.2, -0.15) is 5.10 Å². The van der Waals surface area contributed by atoms with E-state index in [-0.39, 0.29) is 10.7 Å². The van der Waals surface area contributed by atoms with Crippen LogP contribution < -0.4 is 4.72 Å². The zero-order valence-electron chi connectivity index (χ0n) is 13.6. The van der Waals surface area contributed by atoms with Gasteiger partial charge in [0.05, 0.1) is 4.90 Å². The third kappa shape index (κ3) is 3.13. The second-order valence-corrected chi connectivity index (χ2v) is 7.17. The number of nitrogens with zero attached hydrogens (tertiary/aromatic N) is 4. The fourth-order valence-corrected chi connectivity index (χ4v) is 3.66. The van der Waals surface area contributed by atoms with Gasteiger partial charge in [-0.1, -0.05) is 6.07 Å². The summed E-state index contributed by atoms with van der Waals surface area (Å²) in [5.74, 6) is 0.664. The SMILES string of the molecule is Cc1cc(C)c(S(=O)(=O)Nc2cc(-n3cccn3)ncn2)cc1C. The number of hydrogen-bond donors (Lipinski definition) is 1. The average Bonchev–Trinajstić information content (AvgIpc) is 3.05. The van der Waals surface area contributed by atoms with Crippen LogP contribution in [0.3, 0.4) is 0 Å². The Kier molecular flexibility index (Phi) is 4.06. The van der Waals surface area contributed by atoms with E-state index in [4.69, 9.17) is 0 Å². The molecule has 0 saturated heterocycles. The van der Waals surface area contributed by atoms with E-state index in [1.165, 1.54) is 17.1 Å². The molecule has 0 bridgehead atoms. The Balaban J connectivity index is 1.96. The third-order valence-electron chi connectivity index (χ3n) is 3.71. The highest BCUT2D eigenvalue weighted by atomic mass is 32.2. The molecule has 3 aromatic rings. The van der Waals surface area contributed by atoms with Crippen LogP contribution in [0, 0.1) is 20.8 Å². The first-order chi connectivity index (χ1) is 11.4. The normalized spacial score (nSPS) is 11.5. The summed E-state index contributed by atoms with van der Waals surface area (Å²) in [6.07, 6.45) is 4.63. The highest BCUT2D eigenvalue weighted by Gasteiger charge is 2.19. The van der Waals surface area contributed by atoms with Gasteiger partial charge in [-0.05, 0) is 49.6 Å². The molecule has 0 saturated carbocycles. The van der Waals surface area contributed by atoms with Crippen LogP contribution in [-0.2, 0) is 10.0 Å². The summed E-state index contributed by atoms with van der Waals surface area (Å²) in [6.45, 7) is 5.61. The Labute approximate surface area is 140 Å². The van der Waals surface area contributed by atoms with E-state index in [1.807, 2.05) is 19.9 Å². The van der Waals surface area contributed by atoms with E-state index in [0.717, 1.165) is 11.1 Å². The maximum absolute atomic E-state index is 12.7. The molecule has 0 spiro atoms. The second kappa shape index (κ2) is 6.04. The molecule has 1 N–H and O–H groups in total. The van der Waals surface area contributed by atoms with Crippen molar-refractivity contribution < 1.29 is 8.42 Å². The topological polar surface area (TPSA) is 89.8 Å². The lowest BCUT2D eigenvalue weighted by atomic mass is 10.1. The summed E-state index contributed by atoms with van der Waals surface area (Å²) in [6, 6.07) is 6.81. The Morgan fingerprint density at radius 2 is 1.75 bits per heavy atom. The van der Waals surface area contributed by atoms with Crippen molar-refractivity contribution in [2.75, 3.05) is 4.72 Å². The van der Waals surface area contributed by atoms with E-state index < -0.39 is 10.0 Å². The molecule has 0 atom stereocenters. The first-order valence-electron chi connectivity index (χ1n) is 7.29. The number of rotatable bonds is 4. The van der Waals surface area contributed by atoms with E-state index in [1.54, 1.807) is 31.5 Å². The smallest absolute Gasteiger partial charge is 0.263 e. The summed E-state index contributed by atoms with van der Waals surface area (Å²) in [5, 5.41) is 4.07. The number of hydrogen-bond acceptors (Lipinski definition) is 5. The molecule has 0 aliphatic heterocycles. The molecule has 0 aliphatic carbocycles. The Morgan fingerprint density at radius 3 is 2.46 bits per heavy atom. The van der Waals surface area contributed by atoms with Crippen LogP contribution >= 0.6 is 0 Å². The van der Waals surface area contributed by atoms with Gasteiger partial charge in [0.25, 0.3) is 10.0 Å². The van der Waals surface area contributed by atoms with Crippen LogP contribution in [0.2, 0.25) is 0 Å². The minimum Gasteiger partial charge on any atom is -0.263 e. The van der Waals surface area contributed by atoms with Gasteiger partial charge in [0.1, 0.15) is 12.1 Å². The van der Waals surface area contributed by atoms with Crippen molar-refractivity contribution in [3.63, 3.8) is 0 Å². The molecule has 0 radical (unpaired) electrons. The molecule has 2 heterocycles. The van der Waals surface area contributed by atoms with Gasteiger partial charge in [0, 0.05) is 18.5 Å². The Morgan fingerprint density at radius 1 is 1.00 bits per heavy atom. The van der Waals surface area contributed by atoms with Crippen molar-refractivity contribution in [3.05, 3.63) is 59.7 Å². The van der Waals surface area contributed by atoms with Gasteiger partial charge >= 0.3 is 0 Å². The quantitative estimate of drug-likeness (QED) is 0.785. The van der Waals surface area contributed by atoms with Crippen LogP contribution in [0.5, 0.6) is 0 Å². The number of sulfonamides is 1. The van der Waals surface area contributed by atoms with Crippen LogP contribution in [-0.4, -0.2) is 28.2 Å². The van der Waals surface area contributed by atoms with Crippen LogP contribution in [0.15, 0.2) is 47.9 Å². The minimum atomic E-state index is -3.74. The van der Waals surface area contributed by atoms with Gasteiger partial charge in [-0.15, -0.1) is 0 Å². The van der Waals surface area contributed by atoms with Crippen molar-refractivity contribution in [2.45, 2.75) is 25.7 Å². The van der Waals surface area contributed by atoms with Crippen molar-refractivity contribution in [3.8, 4) is 5.82 Å². The molecule has 0 unspecified atom stereocenters. The molecule has 8 heteroatoms. The molecule has 0 fully saturated rings. The lowest BCUT2D eigenvalue weighted by Gasteiger charge is -2.12. The number of benzene rings is 1. The summed E-state index contributed by atoms with van der Waals surface area (Å²) < 4.78 is 29.4. The predicted octanol–water partition coefficient (Wildman–Crippen LogP) is 2.39. The van der Waals surface area contributed by atoms with Crippen molar-refractivity contribution in [1.29, 1.82) is 0 Å². The zero-order chi connectivity index (χ0) is 17.3. The van der Waals surface area contributed by atoms with Crippen LogP contribution in [0.1, 0.15) is 16.7 Å². The molecule has 124 valence electrons. The maximum Gasteiger partial charge on any atom is 0.263 e. The maximum atomic E-state index is 12.7. The standard InChI is InChI=1S/C16H17N5O2S/c1-11-7-13(3)14(8-12(11)2)24(22,23)20-15-9-16(18-10-17-15)21-6-4-5-19-21/h4-10H,1-3H3,(H,17,18,20). The second-order valence-electron chi connectivity index (χ2n) is 5.52. The number of anilines is 1. The van der Waals surface area contributed by atoms with E-state index in [0.29, 0.717) is 11.4 Å². The highest BCUT2D eigenvalue weighted by molar-refractivity contribution is 7.92. The van der Waals surface area contributed by atoms with Crippen molar-refractivity contribution in [1.82, 2.24) is 19.7 Å². The molecule has 1 aromatic carbocycles. The van der Waals surface area contributed by atoms with Gasteiger partial charge in [0.2, 0.25) is 0 Å². The first-order valence-corrected chi connectivity index (χ1v) is 8.78. The van der Waals surface area contributed by atoms with E-state index in [2.05, 4.69) is 19.8 Å². The predicted molar refractivity (Wildman–Crippen MR) is 90.6 cm³/mol. The Bertz CT molecular complexity index is 982. The van der Waals surface area contributed by atoms with Crippen LogP contribution in [0.25, 0.3) is 5.82 Å². The Hall–Kier alpha value is -2.74. The van der Waals surface area contributed by atoms with E-state index >= 15 is 0 Å². The fourth-order valence-electron chi connectivity index (χ4n) is 2.35. The largest absolute Gasteiger partial charge is 0.263 e. The average molecular weight is 343 g/mol. The van der Waals surface area contributed by atoms with Gasteiger partial charge in [0.15, 0.2) is 5.82 Å². The summed E-state index contributed by atoms with van der Waals surface area (Å²) >= 11 is 0. The van der Waals surface area contributed by atoms with Crippen molar-refractivity contribution >= 4 is 15.8 Å². The molecule has 2 aromatic heterocycles. The summed E-state index contributed by atoms with van der Waals surface area (Å²) in [5.41, 5.74) is 2.65. The van der Waals surface area contributed by atoms with Crippen LogP contribution in [0.4, 0.5) is 5.82 Å². The minimum absolute atomic E-state index is 0.188. The number of aromatic nitrogens is 4. The molecular weight excluding hydrogens is 326 g/mol. The fraction of sp³-hybridized carbons (Fsp3) is 0.188. The summed E-state index contributed by atoms with van der Waals surface area (Å²) in [7, 11) is -3.74. The van der Waals surface area contributed by atoms with E-state index in [9.17, 15) is 8.42 Å². The van der Waals surface area contributed by atoms with Gasteiger partial charge in [-0.3, -0.25) is 4.72 Å². The first kappa shape index (κ1) is 16.1. The highest BCUT2D eigenvalue weighted by Crippen LogP contribution is 2.22. The molecule has 24 heavy (non-hydrogen) atoms.